The molecule has 7 heteroatoms. The first kappa shape index (κ1) is 22.4. The first-order valence-corrected chi connectivity index (χ1v) is 10.2. The number of nitrogens with two attached hydrogens (primary N) is 1. The number of rotatable bonds is 6. The lowest BCUT2D eigenvalue weighted by Gasteiger charge is -2.19. The van der Waals surface area contributed by atoms with Crippen molar-refractivity contribution in [2.45, 2.75) is 26.8 Å². The Hall–Kier alpha value is -3.32. The third-order valence-corrected chi connectivity index (χ3v) is 5.48. The lowest BCUT2D eigenvalue weighted by atomic mass is 9.95. The molecule has 0 saturated carbocycles. The van der Waals surface area contributed by atoms with Crippen LogP contribution in [-0.2, 0) is 13.0 Å². The number of fused-ring (bicyclic) bond motifs is 1. The smallest absolute Gasteiger partial charge is 0.414 e. The molecule has 0 aliphatic rings. The van der Waals surface area contributed by atoms with E-state index in [9.17, 15) is 9.59 Å². The molecule has 164 valence electrons. The van der Waals surface area contributed by atoms with Crippen molar-refractivity contribution >= 4 is 22.7 Å². The van der Waals surface area contributed by atoms with E-state index >= 15 is 0 Å². The monoisotopic (exact) mass is 423 g/mol. The molecular formula is C24H29N3O4. The summed E-state index contributed by atoms with van der Waals surface area (Å²) >= 11 is 0. The largest absolute Gasteiger partial charge is 0.422 e. The minimum atomic E-state index is -0.499. The van der Waals surface area contributed by atoms with Gasteiger partial charge in [-0.25, -0.2) is 9.59 Å². The summed E-state index contributed by atoms with van der Waals surface area (Å²) in [5.41, 5.74) is 10.2. The zero-order valence-corrected chi connectivity index (χ0v) is 18.7. The topological polar surface area (TPSA) is 89.0 Å². The highest BCUT2D eigenvalue weighted by Gasteiger charge is 2.18. The number of amides is 1. The third kappa shape index (κ3) is 4.88. The number of ether oxygens (including phenoxy) is 1. The van der Waals surface area contributed by atoms with Crippen LogP contribution in [-0.4, -0.2) is 43.6 Å². The van der Waals surface area contributed by atoms with Crippen LogP contribution in [0.5, 0.6) is 5.75 Å². The molecule has 2 aromatic carbocycles. The molecular weight excluding hydrogens is 394 g/mol. The zero-order valence-electron chi connectivity index (χ0n) is 18.7. The maximum Gasteiger partial charge on any atom is 0.414 e. The lowest BCUT2D eigenvalue weighted by molar-refractivity contribution is 0.172. The highest BCUT2D eigenvalue weighted by atomic mass is 16.6. The SMILES string of the molecule is CCN(C)Cc1c(Cc2cccc(N)c2C)c(=O)oc2cc(OC(=O)N(C)C)ccc12. The van der Waals surface area contributed by atoms with Gasteiger partial charge in [0.25, 0.3) is 0 Å². The molecule has 0 atom stereocenters. The van der Waals surface area contributed by atoms with E-state index in [1.165, 1.54) is 4.90 Å². The van der Waals surface area contributed by atoms with E-state index in [2.05, 4.69) is 11.8 Å². The Morgan fingerprint density at radius 2 is 1.87 bits per heavy atom. The number of hydrogen-bond acceptors (Lipinski definition) is 6. The standard InChI is InChI=1S/C24H29N3O4/c1-6-27(5)14-20-18-11-10-17(30-24(29)26(3)4)13-22(18)31-23(28)19(20)12-16-8-7-9-21(25)15(16)2/h7-11,13H,6,12,14,25H2,1-5H3. The second-order valence-corrected chi connectivity index (χ2v) is 7.91. The Kier molecular flexibility index (Phi) is 6.65. The molecule has 0 bridgehead atoms. The van der Waals surface area contributed by atoms with Crippen molar-refractivity contribution in [3.8, 4) is 5.75 Å². The van der Waals surface area contributed by atoms with Gasteiger partial charge in [-0.1, -0.05) is 19.1 Å². The first-order chi connectivity index (χ1) is 14.7. The predicted octanol–water partition coefficient (Wildman–Crippen LogP) is 3.79. The molecule has 0 saturated heterocycles. The average molecular weight is 424 g/mol. The Balaban J connectivity index is 2.13. The number of carbonyl (C=O) groups excluding carboxylic acids is 1. The molecule has 1 amide bonds. The summed E-state index contributed by atoms with van der Waals surface area (Å²) in [5, 5.41) is 0.820. The minimum Gasteiger partial charge on any atom is -0.422 e. The molecule has 2 N–H and O–H groups in total. The van der Waals surface area contributed by atoms with E-state index in [-0.39, 0.29) is 0 Å². The Morgan fingerprint density at radius 3 is 2.55 bits per heavy atom. The third-order valence-electron chi connectivity index (χ3n) is 5.48. The summed E-state index contributed by atoms with van der Waals surface area (Å²) in [7, 11) is 5.21. The predicted molar refractivity (Wildman–Crippen MR) is 123 cm³/mol. The van der Waals surface area contributed by atoms with Gasteiger partial charge < -0.3 is 24.7 Å². The highest BCUT2D eigenvalue weighted by molar-refractivity contribution is 5.83. The Morgan fingerprint density at radius 1 is 1.13 bits per heavy atom. The Labute approximate surface area is 182 Å². The summed E-state index contributed by atoms with van der Waals surface area (Å²) in [6, 6.07) is 10.9. The molecule has 1 heterocycles. The van der Waals surface area contributed by atoms with Crippen LogP contribution in [0.4, 0.5) is 10.5 Å². The summed E-state index contributed by atoms with van der Waals surface area (Å²) < 4.78 is 11.0. The van der Waals surface area contributed by atoms with Crippen molar-refractivity contribution in [3.05, 3.63) is 69.1 Å². The fraction of sp³-hybridized carbons (Fsp3) is 0.333. The number of carbonyl (C=O) groups is 1. The number of nitrogen functional groups attached to an aromatic ring is 1. The second kappa shape index (κ2) is 9.22. The highest BCUT2D eigenvalue weighted by Crippen LogP contribution is 2.28. The molecule has 0 aliphatic heterocycles. The van der Waals surface area contributed by atoms with E-state index in [1.54, 1.807) is 26.2 Å². The van der Waals surface area contributed by atoms with Crippen LogP contribution in [0.25, 0.3) is 11.0 Å². The van der Waals surface area contributed by atoms with Crippen LogP contribution in [0, 0.1) is 6.92 Å². The molecule has 1 aromatic heterocycles. The molecule has 3 rings (SSSR count). The van der Waals surface area contributed by atoms with Gasteiger partial charge in [-0.15, -0.1) is 0 Å². The van der Waals surface area contributed by atoms with Crippen LogP contribution in [0.1, 0.15) is 29.2 Å². The van der Waals surface area contributed by atoms with E-state index in [0.29, 0.717) is 35.5 Å². The molecule has 0 unspecified atom stereocenters. The maximum absolute atomic E-state index is 13.0. The van der Waals surface area contributed by atoms with Gasteiger partial charge in [0.2, 0.25) is 0 Å². The molecule has 0 aliphatic carbocycles. The summed E-state index contributed by atoms with van der Waals surface area (Å²) in [4.78, 5) is 28.4. The molecule has 3 aromatic rings. The summed E-state index contributed by atoms with van der Waals surface area (Å²) in [6.45, 7) is 5.44. The van der Waals surface area contributed by atoms with Gasteiger partial charge in [-0.3, -0.25) is 0 Å². The number of hydrogen-bond donors (Lipinski definition) is 1. The molecule has 7 nitrogen and oxygen atoms in total. The fourth-order valence-corrected chi connectivity index (χ4v) is 3.37. The van der Waals surface area contributed by atoms with Gasteiger partial charge in [0.05, 0.1) is 0 Å². The first-order valence-electron chi connectivity index (χ1n) is 10.2. The number of nitrogens with zero attached hydrogens (tertiary/aromatic N) is 2. The minimum absolute atomic E-state index is 0.323. The second-order valence-electron chi connectivity index (χ2n) is 7.91. The molecule has 31 heavy (non-hydrogen) atoms. The molecule has 0 fully saturated rings. The van der Waals surface area contributed by atoms with Gasteiger partial charge >= 0.3 is 11.7 Å². The van der Waals surface area contributed by atoms with Gasteiger partial charge in [0.1, 0.15) is 11.3 Å². The van der Waals surface area contributed by atoms with Crippen molar-refractivity contribution in [1.29, 1.82) is 0 Å². The molecule has 0 spiro atoms. The summed E-state index contributed by atoms with van der Waals surface area (Å²) in [6.07, 6.45) is -0.0687. The van der Waals surface area contributed by atoms with Gasteiger partial charge in [0.15, 0.2) is 0 Å². The van der Waals surface area contributed by atoms with Crippen molar-refractivity contribution in [2.75, 3.05) is 33.4 Å². The normalized spacial score (nSPS) is 11.2. The zero-order chi connectivity index (χ0) is 22.7. The van der Waals surface area contributed by atoms with E-state index in [1.807, 2.05) is 38.2 Å². The average Bonchev–Trinajstić information content (AvgIpc) is 2.73. The van der Waals surface area contributed by atoms with E-state index in [0.717, 1.165) is 28.6 Å². The van der Waals surface area contributed by atoms with Crippen molar-refractivity contribution in [3.63, 3.8) is 0 Å². The van der Waals surface area contributed by atoms with Crippen LogP contribution >= 0.6 is 0 Å². The van der Waals surface area contributed by atoms with E-state index < -0.39 is 11.7 Å². The summed E-state index contributed by atoms with van der Waals surface area (Å²) in [5.74, 6) is 0.323. The molecule has 0 radical (unpaired) electrons. The van der Waals surface area contributed by atoms with Crippen LogP contribution < -0.4 is 16.1 Å². The Bertz CT molecular complexity index is 1170. The van der Waals surface area contributed by atoms with E-state index in [4.69, 9.17) is 14.9 Å². The van der Waals surface area contributed by atoms with Crippen LogP contribution in [0.15, 0.2) is 45.6 Å². The maximum atomic E-state index is 13.0. The van der Waals surface area contributed by atoms with Gasteiger partial charge in [-0.2, -0.15) is 0 Å². The van der Waals surface area contributed by atoms with Crippen LogP contribution in [0.3, 0.4) is 0 Å². The lowest BCUT2D eigenvalue weighted by Crippen LogP contribution is -2.25. The quantitative estimate of drug-likeness (QED) is 0.479. The van der Waals surface area contributed by atoms with Gasteiger partial charge in [-0.05, 0) is 55.4 Å². The van der Waals surface area contributed by atoms with Crippen LogP contribution in [0.2, 0.25) is 0 Å². The van der Waals surface area contributed by atoms with Gasteiger partial charge in [0, 0.05) is 49.8 Å². The number of benzene rings is 2. The van der Waals surface area contributed by atoms with Crippen molar-refractivity contribution in [2.24, 2.45) is 0 Å². The van der Waals surface area contributed by atoms with Crippen molar-refractivity contribution < 1.29 is 13.9 Å². The number of anilines is 1. The van der Waals surface area contributed by atoms with Crippen molar-refractivity contribution in [1.82, 2.24) is 9.80 Å². The fourth-order valence-electron chi connectivity index (χ4n) is 3.37.